The van der Waals surface area contributed by atoms with E-state index in [2.05, 4.69) is 25.2 Å². The fourth-order valence-corrected chi connectivity index (χ4v) is 3.30. The second-order valence-electron chi connectivity index (χ2n) is 4.99. The molecule has 5 heteroatoms. The SMILES string of the molecule is Cc1cc(C(C)NC(=O)C(N)c2ccccc2)c(C)s1.Cl. The number of hydrogen-bond acceptors (Lipinski definition) is 3. The number of carbonyl (C=O) groups is 1. The van der Waals surface area contributed by atoms with Crippen LogP contribution >= 0.6 is 23.7 Å². The molecular weight excluding hydrogens is 304 g/mol. The molecule has 3 nitrogen and oxygen atoms in total. The van der Waals surface area contributed by atoms with Gasteiger partial charge in [-0.05, 0) is 38.0 Å². The Morgan fingerprint density at radius 1 is 1.24 bits per heavy atom. The van der Waals surface area contributed by atoms with Crippen molar-refractivity contribution in [2.75, 3.05) is 0 Å². The van der Waals surface area contributed by atoms with Crippen molar-refractivity contribution in [3.63, 3.8) is 0 Å². The lowest BCUT2D eigenvalue weighted by Gasteiger charge is -2.18. The summed E-state index contributed by atoms with van der Waals surface area (Å²) in [6.07, 6.45) is 0. The Kier molecular flexibility index (Phi) is 6.40. The largest absolute Gasteiger partial charge is 0.348 e. The highest BCUT2D eigenvalue weighted by Crippen LogP contribution is 2.26. The van der Waals surface area contributed by atoms with E-state index in [-0.39, 0.29) is 24.4 Å². The van der Waals surface area contributed by atoms with Gasteiger partial charge in [-0.25, -0.2) is 0 Å². The van der Waals surface area contributed by atoms with Crippen LogP contribution in [0.1, 0.15) is 39.9 Å². The number of thiophene rings is 1. The fourth-order valence-electron chi connectivity index (χ4n) is 2.27. The number of nitrogens with one attached hydrogen (secondary N) is 1. The molecular formula is C16H21ClN2OS. The van der Waals surface area contributed by atoms with Crippen molar-refractivity contribution >= 4 is 29.7 Å². The van der Waals surface area contributed by atoms with Gasteiger partial charge < -0.3 is 11.1 Å². The summed E-state index contributed by atoms with van der Waals surface area (Å²) in [6, 6.07) is 10.9. The van der Waals surface area contributed by atoms with Crippen LogP contribution in [0.5, 0.6) is 0 Å². The third kappa shape index (κ3) is 4.30. The van der Waals surface area contributed by atoms with E-state index in [0.29, 0.717) is 0 Å². The van der Waals surface area contributed by atoms with E-state index < -0.39 is 6.04 Å². The molecule has 0 radical (unpaired) electrons. The van der Waals surface area contributed by atoms with Crippen molar-refractivity contribution in [2.24, 2.45) is 5.73 Å². The second kappa shape index (κ2) is 7.59. The molecule has 0 aliphatic heterocycles. The molecule has 0 fully saturated rings. The lowest BCUT2D eigenvalue weighted by atomic mass is 10.1. The maximum Gasteiger partial charge on any atom is 0.241 e. The molecule has 3 N–H and O–H groups in total. The molecule has 21 heavy (non-hydrogen) atoms. The Hall–Kier alpha value is -1.36. The van der Waals surface area contributed by atoms with Crippen molar-refractivity contribution in [2.45, 2.75) is 32.9 Å². The minimum absolute atomic E-state index is 0. The van der Waals surface area contributed by atoms with Crippen LogP contribution in [0.25, 0.3) is 0 Å². The van der Waals surface area contributed by atoms with Crippen LogP contribution in [-0.4, -0.2) is 5.91 Å². The van der Waals surface area contributed by atoms with Crippen molar-refractivity contribution in [3.8, 4) is 0 Å². The van der Waals surface area contributed by atoms with Gasteiger partial charge in [-0.15, -0.1) is 23.7 Å². The van der Waals surface area contributed by atoms with Crippen molar-refractivity contribution < 1.29 is 4.79 Å². The lowest BCUT2D eigenvalue weighted by Crippen LogP contribution is -2.35. The highest BCUT2D eigenvalue weighted by Gasteiger charge is 2.19. The van der Waals surface area contributed by atoms with E-state index in [1.807, 2.05) is 37.3 Å². The summed E-state index contributed by atoms with van der Waals surface area (Å²) in [6.45, 7) is 6.14. The number of carbonyl (C=O) groups excluding carboxylic acids is 1. The topological polar surface area (TPSA) is 55.1 Å². The molecule has 0 aliphatic rings. The molecule has 2 unspecified atom stereocenters. The van der Waals surface area contributed by atoms with E-state index >= 15 is 0 Å². The van der Waals surface area contributed by atoms with Crippen molar-refractivity contribution in [3.05, 3.63) is 57.3 Å². The number of amides is 1. The first-order valence-electron chi connectivity index (χ1n) is 6.67. The van der Waals surface area contributed by atoms with Gasteiger partial charge in [0.15, 0.2) is 0 Å². The zero-order valence-corrected chi connectivity index (χ0v) is 14.1. The van der Waals surface area contributed by atoms with E-state index in [1.54, 1.807) is 11.3 Å². The molecule has 1 aromatic heterocycles. The van der Waals surface area contributed by atoms with Gasteiger partial charge in [0.25, 0.3) is 0 Å². The molecule has 1 heterocycles. The summed E-state index contributed by atoms with van der Waals surface area (Å²) < 4.78 is 0. The minimum atomic E-state index is -0.626. The van der Waals surface area contributed by atoms with Crippen LogP contribution in [0, 0.1) is 13.8 Å². The van der Waals surface area contributed by atoms with Gasteiger partial charge in [-0.3, -0.25) is 4.79 Å². The molecule has 0 saturated carbocycles. The average molecular weight is 325 g/mol. The Labute approximate surface area is 136 Å². The van der Waals surface area contributed by atoms with Crippen LogP contribution in [0.4, 0.5) is 0 Å². The monoisotopic (exact) mass is 324 g/mol. The molecule has 0 saturated heterocycles. The first-order valence-corrected chi connectivity index (χ1v) is 7.48. The molecule has 0 spiro atoms. The summed E-state index contributed by atoms with van der Waals surface area (Å²) in [5.41, 5.74) is 8.00. The number of rotatable bonds is 4. The quantitative estimate of drug-likeness (QED) is 0.901. The van der Waals surface area contributed by atoms with Crippen LogP contribution < -0.4 is 11.1 Å². The van der Waals surface area contributed by atoms with Crippen LogP contribution in [-0.2, 0) is 4.79 Å². The molecule has 1 aromatic carbocycles. The van der Waals surface area contributed by atoms with Crippen molar-refractivity contribution in [1.29, 1.82) is 0 Å². The molecule has 2 rings (SSSR count). The number of benzene rings is 1. The summed E-state index contributed by atoms with van der Waals surface area (Å²) in [7, 11) is 0. The lowest BCUT2D eigenvalue weighted by molar-refractivity contribution is -0.123. The van der Waals surface area contributed by atoms with E-state index in [9.17, 15) is 4.79 Å². The van der Waals surface area contributed by atoms with E-state index in [4.69, 9.17) is 5.73 Å². The summed E-state index contributed by atoms with van der Waals surface area (Å²) >= 11 is 1.75. The van der Waals surface area contributed by atoms with Gasteiger partial charge in [-0.1, -0.05) is 30.3 Å². The zero-order valence-electron chi connectivity index (χ0n) is 12.4. The van der Waals surface area contributed by atoms with Crippen LogP contribution in [0.3, 0.4) is 0 Å². The fraction of sp³-hybridized carbons (Fsp3) is 0.312. The number of aryl methyl sites for hydroxylation is 2. The third-order valence-corrected chi connectivity index (χ3v) is 4.33. The average Bonchev–Trinajstić information content (AvgIpc) is 2.78. The van der Waals surface area contributed by atoms with E-state index in [1.165, 1.54) is 15.3 Å². The smallest absolute Gasteiger partial charge is 0.241 e. The van der Waals surface area contributed by atoms with Gasteiger partial charge >= 0.3 is 0 Å². The maximum absolute atomic E-state index is 12.2. The highest BCUT2D eigenvalue weighted by molar-refractivity contribution is 7.12. The van der Waals surface area contributed by atoms with Crippen LogP contribution in [0.2, 0.25) is 0 Å². The normalized spacial score (nSPS) is 13.1. The molecule has 2 aromatic rings. The highest BCUT2D eigenvalue weighted by atomic mass is 35.5. The number of nitrogens with two attached hydrogens (primary N) is 1. The summed E-state index contributed by atoms with van der Waals surface area (Å²) in [4.78, 5) is 14.7. The zero-order chi connectivity index (χ0) is 14.7. The van der Waals surface area contributed by atoms with Gasteiger partial charge in [0.2, 0.25) is 5.91 Å². The standard InChI is InChI=1S/C16H20N2OS.ClH/c1-10-9-14(12(3)20-10)11(2)18-16(19)15(17)13-7-5-4-6-8-13;/h4-9,11,15H,17H2,1-3H3,(H,18,19);1H. The Morgan fingerprint density at radius 3 is 2.38 bits per heavy atom. The minimum Gasteiger partial charge on any atom is -0.348 e. The predicted octanol–water partition coefficient (Wildman–Crippen LogP) is 3.66. The van der Waals surface area contributed by atoms with Gasteiger partial charge in [-0.2, -0.15) is 0 Å². The Bertz CT molecular complexity index is 598. The summed E-state index contributed by atoms with van der Waals surface area (Å²) in [5.74, 6) is -0.146. The van der Waals surface area contributed by atoms with Gasteiger partial charge in [0.1, 0.15) is 6.04 Å². The molecule has 114 valence electrons. The predicted molar refractivity (Wildman–Crippen MR) is 91.0 cm³/mol. The number of hydrogen-bond donors (Lipinski definition) is 2. The Morgan fingerprint density at radius 2 is 1.86 bits per heavy atom. The third-order valence-electron chi connectivity index (χ3n) is 3.35. The van der Waals surface area contributed by atoms with Gasteiger partial charge in [0.05, 0.1) is 6.04 Å². The first-order chi connectivity index (χ1) is 9.49. The number of halogens is 1. The second-order valence-corrected chi connectivity index (χ2v) is 6.45. The molecule has 1 amide bonds. The van der Waals surface area contributed by atoms with Gasteiger partial charge in [0, 0.05) is 9.75 Å². The maximum atomic E-state index is 12.2. The van der Waals surface area contributed by atoms with E-state index in [0.717, 1.165) is 5.56 Å². The molecule has 0 bridgehead atoms. The molecule has 2 atom stereocenters. The molecule has 0 aliphatic carbocycles. The first kappa shape index (κ1) is 17.7. The van der Waals surface area contributed by atoms with Crippen molar-refractivity contribution in [1.82, 2.24) is 5.32 Å². The summed E-state index contributed by atoms with van der Waals surface area (Å²) in [5, 5.41) is 2.99. The van der Waals surface area contributed by atoms with Crippen LogP contribution in [0.15, 0.2) is 36.4 Å². The Balaban J connectivity index is 0.00000220.